The standard InChI is InChI=1S/C19H22O4/c1-12-8-15(9-13(2)19(12)23-5)14-6-7-17(21-3)16(10-14)11-18(20)22-4/h6-10H,11H2,1-5H3. The van der Waals surface area contributed by atoms with Gasteiger partial charge in [0, 0.05) is 5.56 Å². The van der Waals surface area contributed by atoms with Crippen LogP contribution in [-0.2, 0) is 16.0 Å². The Morgan fingerprint density at radius 3 is 2.09 bits per heavy atom. The van der Waals surface area contributed by atoms with Crippen molar-refractivity contribution in [2.75, 3.05) is 21.3 Å². The highest BCUT2D eigenvalue weighted by atomic mass is 16.5. The first kappa shape index (κ1) is 16.9. The maximum absolute atomic E-state index is 11.6. The summed E-state index contributed by atoms with van der Waals surface area (Å²) in [7, 11) is 4.66. The number of esters is 1. The van der Waals surface area contributed by atoms with Crippen LogP contribution in [0.25, 0.3) is 11.1 Å². The van der Waals surface area contributed by atoms with E-state index in [4.69, 9.17) is 14.2 Å². The summed E-state index contributed by atoms with van der Waals surface area (Å²) in [6.07, 6.45) is 0.182. The van der Waals surface area contributed by atoms with Crippen molar-refractivity contribution >= 4 is 5.97 Å². The van der Waals surface area contributed by atoms with E-state index in [0.29, 0.717) is 5.75 Å². The number of carbonyl (C=O) groups excluding carboxylic acids is 1. The minimum absolute atomic E-state index is 0.182. The number of methoxy groups -OCH3 is 3. The number of carbonyl (C=O) groups is 1. The molecule has 0 atom stereocenters. The first-order valence-electron chi connectivity index (χ1n) is 7.39. The second kappa shape index (κ2) is 7.18. The third-order valence-electron chi connectivity index (χ3n) is 3.84. The minimum Gasteiger partial charge on any atom is -0.496 e. The summed E-state index contributed by atoms with van der Waals surface area (Å²) in [5.74, 6) is 1.29. The zero-order chi connectivity index (χ0) is 17.0. The highest BCUT2D eigenvalue weighted by molar-refractivity contribution is 5.76. The quantitative estimate of drug-likeness (QED) is 0.789. The average molecular weight is 314 g/mol. The minimum atomic E-state index is -0.289. The molecule has 4 heteroatoms. The lowest BCUT2D eigenvalue weighted by Crippen LogP contribution is -2.06. The van der Waals surface area contributed by atoms with E-state index in [9.17, 15) is 4.79 Å². The van der Waals surface area contributed by atoms with Gasteiger partial charge in [0.15, 0.2) is 0 Å². The number of ether oxygens (including phenoxy) is 3. The van der Waals surface area contributed by atoms with Gasteiger partial charge in [-0.1, -0.05) is 6.07 Å². The van der Waals surface area contributed by atoms with Crippen LogP contribution >= 0.6 is 0 Å². The molecule has 0 amide bonds. The average Bonchev–Trinajstić information content (AvgIpc) is 2.54. The maximum atomic E-state index is 11.6. The van der Waals surface area contributed by atoms with Crippen LogP contribution in [0.4, 0.5) is 0 Å². The molecule has 0 unspecified atom stereocenters. The third-order valence-corrected chi connectivity index (χ3v) is 3.84. The van der Waals surface area contributed by atoms with E-state index in [0.717, 1.165) is 33.6 Å². The fourth-order valence-electron chi connectivity index (χ4n) is 2.76. The summed E-state index contributed by atoms with van der Waals surface area (Å²) in [6, 6.07) is 9.99. The predicted molar refractivity (Wildman–Crippen MR) is 90.2 cm³/mol. The van der Waals surface area contributed by atoms with Gasteiger partial charge >= 0.3 is 5.97 Å². The molecule has 0 heterocycles. The zero-order valence-corrected chi connectivity index (χ0v) is 14.2. The van der Waals surface area contributed by atoms with Crippen molar-refractivity contribution in [1.29, 1.82) is 0 Å². The molecule has 0 saturated carbocycles. The topological polar surface area (TPSA) is 44.8 Å². The molecule has 0 fully saturated rings. The SMILES string of the molecule is COC(=O)Cc1cc(-c2cc(C)c(OC)c(C)c2)ccc1OC. The number of aryl methyl sites for hydroxylation is 2. The number of hydrogen-bond donors (Lipinski definition) is 0. The molecule has 0 radical (unpaired) electrons. The monoisotopic (exact) mass is 314 g/mol. The lowest BCUT2D eigenvalue weighted by atomic mass is 9.97. The third kappa shape index (κ3) is 3.65. The summed E-state index contributed by atoms with van der Waals surface area (Å²) in [6.45, 7) is 4.04. The van der Waals surface area contributed by atoms with Crippen molar-refractivity contribution < 1.29 is 19.0 Å². The Hall–Kier alpha value is -2.49. The van der Waals surface area contributed by atoms with E-state index in [1.54, 1.807) is 14.2 Å². The van der Waals surface area contributed by atoms with Crippen LogP contribution < -0.4 is 9.47 Å². The molecule has 2 aromatic carbocycles. The lowest BCUT2D eigenvalue weighted by molar-refractivity contribution is -0.139. The molecular weight excluding hydrogens is 292 g/mol. The van der Waals surface area contributed by atoms with Crippen molar-refractivity contribution in [3.8, 4) is 22.6 Å². The van der Waals surface area contributed by atoms with Crippen LogP contribution in [0, 0.1) is 13.8 Å². The Labute approximate surface area is 137 Å². The Balaban J connectivity index is 2.48. The Morgan fingerprint density at radius 2 is 1.57 bits per heavy atom. The summed E-state index contributed by atoms with van der Waals surface area (Å²) in [5.41, 5.74) is 5.07. The summed E-state index contributed by atoms with van der Waals surface area (Å²) >= 11 is 0. The van der Waals surface area contributed by atoms with E-state index in [-0.39, 0.29) is 12.4 Å². The van der Waals surface area contributed by atoms with E-state index in [1.165, 1.54) is 7.11 Å². The largest absolute Gasteiger partial charge is 0.496 e. The van der Waals surface area contributed by atoms with Crippen LogP contribution in [0.2, 0.25) is 0 Å². The van der Waals surface area contributed by atoms with Crippen molar-refractivity contribution in [2.24, 2.45) is 0 Å². The van der Waals surface area contributed by atoms with Gasteiger partial charge in [0.2, 0.25) is 0 Å². The molecule has 0 N–H and O–H groups in total. The van der Waals surface area contributed by atoms with E-state index < -0.39 is 0 Å². The Morgan fingerprint density at radius 1 is 0.913 bits per heavy atom. The maximum Gasteiger partial charge on any atom is 0.310 e. The summed E-state index contributed by atoms with van der Waals surface area (Å²) < 4.78 is 15.5. The van der Waals surface area contributed by atoms with Crippen molar-refractivity contribution in [3.63, 3.8) is 0 Å². The molecule has 0 aromatic heterocycles. The van der Waals surface area contributed by atoms with Crippen LogP contribution in [0.3, 0.4) is 0 Å². The van der Waals surface area contributed by atoms with Crippen molar-refractivity contribution in [3.05, 3.63) is 47.0 Å². The molecule has 0 spiro atoms. The molecular formula is C19H22O4. The molecule has 0 bridgehead atoms. The molecule has 0 aliphatic rings. The van der Waals surface area contributed by atoms with Crippen molar-refractivity contribution in [2.45, 2.75) is 20.3 Å². The lowest BCUT2D eigenvalue weighted by Gasteiger charge is -2.14. The molecule has 2 aromatic rings. The summed E-state index contributed by atoms with van der Waals surface area (Å²) in [5, 5.41) is 0. The van der Waals surface area contributed by atoms with E-state index in [1.807, 2.05) is 32.0 Å². The van der Waals surface area contributed by atoms with Gasteiger partial charge < -0.3 is 14.2 Å². The van der Waals surface area contributed by atoms with Gasteiger partial charge in [-0.3, -0.25) is 4.79 Å². The molecule has 23 heavy (non-hydrogen) atoms. The first-order chi connectivity index (χ1) is 11.0. The van der Waals surface area contributed by atoms with Gasteiger partial charge in [0.05, 0.1) is 27.8 Å². The first-order valence-corrected chi connectivity index (χ1v) is 7.39. The second-order valence-electron chi connectivity index (χ2n) is 5.42. The fraction of sp³-hybridized carbons (Fsp3) is 0.316. The van der Waals surface area contributed by atoms with Gasteiger partial charge in [-0.2, -0.15) is 0 Å². The normalized spacial score (nSPS) is 10.3. The van der Waals surface area contributed by atoms with Gasteiger partial charge in [-0.25, -0.2) is 0 Å². The molecule has 0 saturated heterocycles. The second-order valence-corrected chi connectivity index (χ2v) is 5.42. The van der Waals surface area contributed by atoms with Gasteiger partial charge in [-0.05, 0) is 60.4 Å². The molecule has 0 aliphatic carbocycles. The van der Waals surface area contributed by atoms with Crippen molar-refractivity contribution in [1.82, 2.24) is 0 Å². The zero-order valence-electron chi connectivity index (χ0n) is 14.2. The predicted octanol–water partition coefficient (Wildman–Crippen LogP) is 3.70. The summed E-state index contributed by atoms with van der Waals surface area (Å²) in [4.78, 5) is 11.6. The van der Waals surface area contributed by atoms with Crippen LogP contribution in [0.15, 0.2) is 30.3 Å². The fourth-order valence-corrected chi connectivity index (χ4v) is 2.76. The molecule has 2 rings (SSSR count). The number of rotatable bonds is 5. The van der Waals surface area contributed by atoms with Crippen LogP contribution in [-0.4, -0.2) is 27.3 Å². The highest BCUT2D eigenvalue weighted by Crippen LogP contribution is 2.32. The Bertz CT molecular complexity index is 696. The molecule has 4 nitrogen and oxygen atoms in total. The van der Waals surface area contributed by atoms with Crippen LogP contribution in [0.5, 0.6) is 11.5 Å². The van der Waals surface area contributed by atoms with Gasteiger partial charge in [-0.15, -0.1) is 0 Å². The number of benzene rings is 2. The molecule has 0 aliphatic heterocycles. The van der Waals surface area contributed by atoms with Gasteiger partial charge in [0.25, 0.3) is 0 Å². The molecule has 122 valence electrons. The smallest absolute Gasteiger partial charge is 0.310 e. The highest BCUT2D eigenvalue weighted by Gasteiger charge is 2.12. The van der Waals surface area contributed by atoms with Crippen LogP contribution in [0.1, 0.15) is 16.7 Å². The number of hydrogen-bond acceptors (Lipinski definition) is 4. The van der Waals surface area contributed by atoms with Gasteiger partial charge in [0.1, 0.15) is 11.5 Å². The van der Waals surface area contributed by atoms with E-state index >= 15 is 0 Å². The van der Waals surface area contributed by atoms with E-state index in [2.05, 4.69) is 12.1 Å². The Kier molecular flexibility index (Phi) is 5.27.